The van der Waals surface area contributed by atoms with E-state index < -0.39 is 0 Å². The van der Waals surface area contributed by atoms with Crippen LogP contribution in [0.5, 0.6) is 5.75 Å². The van der Waals surface area contributed by atoms with E-state index >= 15 is 0 Å². The van der Waals surface area contributed by atoms with Crippen molar-refractivity contribution in [3.63, 3.8) is 0 Å². The number of para-hydroxylation sites is 1. The molecule has 21 heavy (non-hydrogen) atoms. The van der Waals surface area contributed by atoms with Gasteiger partial charge in [0.15, 0.2) is 0 Å². The summed E-state index contributed by atoms with van der Waals surface area (Å²) >= 11 is 0. The van der Waals surface area contributed by atoms with Crippen molar-refractivity contribution in [3.8, 4) is 5.75 Å². The molecule has 4 heteroatoms. The molecule has 2 N–H and O–H groups in total. The zero-order valence-corrected chi connectivity index (χ0v) is 12.3. The van der Waals surface area contributed by atoms with Crippen LogP contribution in [-0.2, 0) is 13.2 Å². The van der Waals surface area contributed by atoms with Gasteiger partial charge in [-0.15, -0.1) is 0 Å². The number of rotatable bonds is 4. The Hall–Kier alpha value is -2.49. The van der Waals surface area contributed by atoms with E-state index in [4.69, 9.17) is 10.5 Å². The summed E-state index contributed by atoms with van der Waals surface area (Å²) in [7, 11) is 0. The van der Waals surface area contributed by atoms with Crippen LogP contribution in [-0.4, -0.2) is 9.78 Å². The Morgan fingerprint density at radius 2 is 2.00 bits per heavy atom. The third kappa shape index (κ3) is 2.57. The molecule has 108 valence electrons. The first-order valence-electron chi connectivity index (χ1n) is 7.12. The minimum atomic E-state index is 0.417. The molecule has 0 saturated heterocycles. The van der Waals surface area contributed by atoms with E-state index in [0.29, 0.717) is 18.0 Å². The van der Waals surface area contributed by atoms with Crippen molar-refractivity contribution in [2.24, 2.45) is 0 Å². The largest absolute Gasteiger partial charge is 0.485 e. The number of nitrogens with two attached hydrogens (primary N) is 1. The lowest BCUT2D eigenvalue weighted by atomic mass is 10.2. The van der Waals surface area contributed by atoms with Gasteiger partial charge in [0, 0.05) is 11.9 Å². The number of hydrogen-bond acceptors (Lipinski definition) is 3. The van der Waals surface area contributed by atoms with Gasteiger partial charge in [-0.1, -0.05) is 24.3 Å². The summed E-state index contributed by atoms with van der Waals surface area (Å²) in [5.41, 5.74) is 9.84. The smallest absolute Gasteiger partial charge is 0.142 e. The van der Waals surface area contributed by atoms with E-state index in [1.165, 1.54) is 0 Å². The van der Waals surface area contributed by atoms with Crippen LogP contribution in [0.1, 0.15) is 18.2 Å². The van der Waals surface area contributed by atoms with Gasteiger partial charge in [0.2, 0.25) is 0 Å². The Morgan fingerprint density at radius 1 is 1.19 bits per heavy atom. The number of ether oxygens (including phenoxy) is 1. The molecule has 1 aromatic heterocycles. The molecule has 2 aromatic carbocycles. The summed E-state index contributed by atoms with van der Waals surface area (Å²) in [6, 6.07) is 14.0. The number of aryl methyl sites for hydroxylation is 2. The number of anilines is 1. The molecule has 3 rings (SSSR count). The minimum Gasteiger partial charge on any atom is -0.485 e. The maximum absolute atomic E-state index is 5.98. The average molecular weight is 281 g/mol. The van der Waals surface area contributed by atoms with Gasteiger partial charge < -0.3 is 10.5 Å². The lowest BCUT2D eigenvalue weighted by Gasteiger charge is -2.08. The number of nitrogens with zero attached hydrogens (tertiary/aromatic N) is 2. The first kappa shape index (κ1) is 13.5. The molecule has 0 radical (unpaired) electrons. The lowest BCUT2D eigenvalue weighted by molar-refractivity contribution is 0.302. The highest BCUT2D eigenvalue weighted by atomic mass is 16.5. The van der Waals surface area contributed by atoms with E-state index in [1.54, 1.807) is 0 Å². The highest BCUT2D eigenvalue weighted by molar-refractivity contribution is 5.81. The van der Waals surface area contributed by atoms with Crippen molar-refractivity contribution in [3.05, 3.63) is 53.7 Å². The predicted octanol–water partition coefficient (Wildman–Crippen LogP) is 3.53. The fourth-order valence-corrected chi connectivity index (χ4v) is 2.49. The summed E-state index contributed by atoms with van der Waals surface area (Å²) in [5.74, 6) is 0.704. The minimum absolute atomic E-state index is 0.417. The van der Waals surface area contributed by atoms with E-state index in [2.05, 4.69) is 24.2 Å². The van der Waals surface area contributed by atoms with Gasteiger partial charge >= 0.3 is 0 Å². The third-order valence-corrected chi connectivity index (χ3v) is 3.56. The highest BCUT2D eigenvalue weighted by Crippen LogP contribution is 2.25. The van der Waals surface area contributed by atoms with Crippen molar-refractivity contribution in [1.82, 2.24) is 9.78 Å². The maximum Gasteiger partial charge on any atom is 0.142 e. The van der Waals surface area contributed by atoms with Crippen LogP contribution in [0, 0.1) is 6.92 Å². The number of fused-ring (bicyclic) bond motifs is 1. The standard InChI is InChI=1S/C17H19N3O/c1-3-20-16-7-5-4-6-13(16)15(19-20)11-21-17-9-8-12(2)10-14(17)18/h4-10H,3,11,18H2,1-2H3. The highest BCUT2D eigenvalue weighted by Gasteiger charge is 2.10. The van der Waals surface area contributed by atoms with E-state index in [1.807, 2.05) is 41.9 Å². The second-order valence-corrected chi connectivity index (χ2v) is 5.11. The molecule has 4 nitrogen and oxygen atoms in total. The lowest BCUT2D eigenvalue weighted by Crippen LogP contribution is -2.02. The number of benzene rings is 2. The monoisotopic (exact) mass is 281 g/mol. The van der Waals surface area contributed by atoms with E-state index in [0.717, 1.165) is 28.7 Å². The SMILES string of the molecule is CCn1nc(COc2ccc(C)cc2N)c2ccccc21. The maximum atomic E-state index is 5.98. The Kier molecular flexibility index (Phi) is 3.52. The van der Waals surface area contributed by atoms with Crippen molar-refractivity contribution in [2.45, 2.75) is 27.0 Å². The molecule has 0 bridgehead atoms. The first-order chi connectivity index (χ1) is 10.2. The van der Waals surface area contributed by atoms with E-state index in [9.17, 15) is 0 Å². The number of aromatic nitrogens is 2. The van der Waals surface area contributed by atoms with Crippen molar-refractivity contribution in [2.75, 3.05) is 5.73 Å². The zero-order valence-electron chi connectivity index (χ0n) is 12.3. The molecule has 3 aromatic rings. The molecule has 0 aliphatic heterocycles. The second-order valence-electron chi connectivity index (χ2n) is 5.11. The molecular weight excluding hydrogens is 262 g/mol. The van der Waals surface area contributed by atoms with Gasteiger partial charge in [0.25, 0.3) is 0 Å². The molecule has 0 fully saturated rings. The molecule has 0 aliphatic rings. The molecule has 0 unspecified atom stereocenters. The Bertz CT molecular complexity index is 777. The van der Waals surface area contributed by atoms with Crippen LogP contribution >= 0.6 is 0 Å². The van der Waals surface area contributed by atoms with Crippen LogP contribution in [0.25, 0.3) is 10.9 Å². The Morgan fingerprint density at radius 3 is 2.76 bits per heavy atom. The van der Waals surface area contributed by atoms with Crippen LogP contribution in [0.4, 0.5) is 5.69 Å². The topological polar surface area (TPSA) is 53.1 Å². The quantitative estimate of drug-likeness (QED) is 0.744. The van der Waals surface area contributed by atoms with Crippen molar-refractivity contribution in [1.29, 1.82) is 0 Å². The van der Waals surface area contributed by atoms with Gasteiger partial charge in [0.1, 0.15) is 18.1 Å². The second kappa shape index (κ2) is 5.48. The van der Waals surface area contributed by atoms with Crippen LogP contribution in [0.2, 0.25) is 0 Å². The van der Waals surface area contributed by atoms with Crippen LogP contribution in [0.15, 0.2) is 42.5 Å². The predicted molar refractivity (Wildman–Crippen MR) is 85.3 cm³/mol. The van der Waals surface area contributed by atoms with Crippen LogP contribution < -0.4 is 10.5 Å². The molecule has 0 atom stereocenters. The van der Waals surface area contributed by atoms with Gasteiger partial charge in [0.05, 0.1) is 11.2 Å². The molecule has 0 spiro atoms. The summed E-state index contributed by atoms with van der Waals surface area (Å²) < 4.78 is 7.84. The van der Waals surface area contributed by atoms with Crippen molar-refractivity contribution < 1.29 is 4.74 Å². The summed E-state index contributed by atoms with van der Waals surface area (Å²) in [6.45, 7) is 5.35. The third-order valence-electron chi connectivity index (χ3n) is 3.56. The van der Waals surface area contributed by atoms with Gasteiger partial charge in [-0.3, -0.25) is 4.68 Å². The van der Waals surface area contributed by atoms with E-state index in [-0.39, 0.29) is 0 Å². The Balaban J connectivity index is 1.88. The summed E-state index contributed by atoms with van der Waals surface area (Å²) in [5, 5.41) is 5.75. The molecule has 0 amide bonds. The normalized spacial score (nSPS) is 11.0. The van der Waals surface area contributed by atoms with Gasteiger partial charge in [-0.05, 0) is 37.6 Å². The van der Waals surface area contributed by atoms with Gasteiger partial charge in [-0.2, -0.15) is 5.10 Å². The molecule has 1 heterocycles. The molecular formula is C17H19N3O. The zero-order chi connectivity index (χ0) is 14.8. The molecule has 0 saturated carbocycles. The fraction of sp³-hybridized carbons (Fsp3) is 0.235. The summed E-state index contributed by atoms with van der Waals surface area (Å²) in [6.07, 6.45) is 0. The number of nitrogen functional groups attached to an aromatic ring is 1. The fourth-order valence-electron chi connectivity index (χ4n) is 2.49. The average Bonchev–Trinajstić information content (AvgIpc) is 2.85. The van der Waals surface area contributed by atoms with Crippen molar-refractivity contribution >= 4 is 16.6 Å². The number of hydrogen-bond donors (Lipinski definition) is 1. The van der Waals surface area contributed by atoms with Gasteiger partial charge in [-0.25, -0.2) is 0 Å². The van der Waals surface area contributed by atoms with Crippen LogP contribution in [0.3, 0.4) is 0 Å². The Labute approximate surface area is 124 Å². The first-order valence-corrected chi connectivity index (χ1v) is 7.12. The summed E-state index contributed by atoms with van der Waals surface area (Å²) in [4.78, 5) is 0. The molecule has 0 aliphatic carbocycles.